The summed E-state index contributed by atoms with van der Waals surface area (Å²) < 4.78 is 2.15. The van der Waals surface area contributed by atoms with E-state index in [0.717, 1.165) is 47.0 Å². The minimum Gasteiger partial charge on any atom is -0.385 e. The van der Waals surface area contributed by atoms with Crippen LogP contribution < -0.4 is 5.32 Å². The first kappa shape index (κ1) is 14.0. The first-order valence-corrected chi connectivity index (χ1v) is 7.51. The summed E-state index contributed by atoms with van der Waals surface area (Å²) in [6, 6.07) is 16.1. The van der Waals surface area contributed by atoms with Gasteiger partial charge in [-0.3, -0.25) is 0 Å². The van der Waals surface area contributed by atoms with Gasteiger partial charge >= 0.3 is 0 Å². The van der Waals surface area contributed by atoms with Gasteiger partial charge in [0.1, 0.15) is 5.82 Å². The lowest BCUT2D eigenvalue weighted by Gasteiger charge is -2.06. The zero-order valence-corrected chi connectivity index (χ0v) is 12.8. The summed E-state index contributed by atoms with van der Waals surface area (Å²) in [7, 11) is 2.06. The number of fused-ring (bicyclic) bond motifs is 1. The van der Waals surface area contributed by atoms with Gasteiger partial charge in [0, 0.05) is 30.7 Å². The number of hydrogen-bond donors (Lipinski definition) is 1. The molecule has 0 saturated heterocycles. The van der Waals surface area contributed by atoms with E-state index >= 15 is 0 Å². The van der Waals surface area contributed by atoms with Gasteiger partial charge in [-0.1, -0.05) is 29.8 Å². The summed E-state index contributed by atoms with van der Waals surface area (Å²) >= 11 is 6.02. The van der Waals surface area contributed by atoms with Gasteiger partial charge in [0.05, 0.1) is 11.0 Å². The van der Waals surface area contributed by atoms with E-state index in [1.807, 2.05) is 36.4 Å². The quantitative estimate of drug-likeness (QED) is 0.713. The molecule has 0 aliphatic carbocycles. The second-order valence-electron chi connectivity index (χ2n) is 5.12. The van der Waals surface area contributed by atoms with Crippen molar-refractivity contribution in [1.82, 2.24) is 9.55 Å². The van der Waals surface area contributed by atoms with Crippen molar-refractivity contribution in [2.75, 3.05) is 11.9 Å². The zero-order chi connectivity index (χ0) is 14.7. The molecule has 0 atom stereocenters. The number of nitrogens with one attached hydrogen (secondary N) is 1. The van der Waals surface area contributed by atoms with E-state index in [2.05, 4.69) is 34.0 Å². The van der Waals surface area contributed by atoms with Gasteiger partial charge < -0.3 is 9.88 Å². The standard InChI is InChI=1S/C17H18ClN3/c1-21-16-10-9-13(18)12-15(16)20-17(21)8-5-11-19-14-6-3-2-4-7-14/h2-4,6-7,9-10,12,19H,5,8,11H2,1H3. The summed E-state index contributed by atoms with van der Waals surface area (Å²) in [6.07, 6.45) is 1.99. The molecule has 4 heteroatoms. The SMILES string of the molecule is Cn1c(CCCNc2ccccc2)nc2cc(Cl)ccc21. The average molecular weight is 300 g/mol. The molecular weight excluding hydrogens is 282 g/mol. The van der Waals surface area contributed by atoms with E-state index in [4.69, 9.17) is 11.6 Å². The fourth-order valence-corrected chi connectivity index (χ4v) is 2.65. The largest absolute Gasteiger partial charge is 0.385 e. The van der Waals surface area contributed by atoms with Gasteiger partial charge in [-0.2, -0.15) is 0 Å². The monoisotopic (exact) mass is 299 g/mol. The lowest BCUT2D eigenvalue weighted by Crippen LogP contribution is -2.05. The maximum Gasteiger partial charge on any atom is 0.109 e. The number of rotatable bonds is 5. The summed E-state index contributed by atoms with van der Waals surface area (Å²) in [5, 5.41) is 4.15. The molecule has 0 spiro atoms. The number of hydrogen-bond acceptors (Lipinski definition) is 2. The lowest BCUT2D eigenvalue weighted by molar-refractivity contribution is 0.753. The van der Waals surface area contributed by atoms with E-state index in [-0.39, 0.29) is 0 Å². The molecule has 3 rings (SSSR count). The summed E-state index contributed by atoms with van der Waals surface area (Å²) in [5.41, 5.74) is 3.26. The van der Waals surface area contributed by atoms with E-state index in [9.17, 15) is 0 Å². The van der Waals surface area contributed by atoms with Crippen LogP contribution in [0, 0.1) is 0 Å². The third-order valence-electron chi connectivity index (χ3n) is 3.62. The predicted octanol–water partition coefficient (Wildman–Crippen LogP) is 4.27. The Bertz CT molecular complexity index is 734. The second-order valence-corrected chi connectivity index (χ2v) is 5.55. The van der Waals surface area contributed by atoms with Crippen molar-refractivity contribution in [2.45, 2.75) is 12.8 Å². The Balaban J connectivity index is 1.62. The molecule has 1 aromatic heterocycles. The first-order valence-electron chi connectivity index (χ1n) is 7.14. The molecule has 3 nitrogen and oxygen atoms in total. The molecule has 0 aliphatic rings. The van der Waals surface area contributed by atoms with Crippen molar-refractivity contribution >= 4 is 28.3 Å². The van der Waals surface area contributed by atoms with Gasteiger partial charge in [-0.05, 0) is 36.8 Å². The van der Waals surface area contributed by atoms with Gasteiger partial charge in [0.15, 0.2) is 0 Å². The molecule has 0 unspecified atom stereocenters. The van der Waals surface area contributed by atoms with E-state index in [1.54, 1.807) is 0 Å². The van der Waals surface area contributed by atoms with Crippen LogP contribution in [0.2, 0.25) is 5.02 Å². The molecular formula is C17H18ClN3. The van der Waals surface area contributed by atoms with Crippen molar-refractivity contribution in [3.05, 3.63) is 59.4 Å². The number of benzene rings is 2. The van der Waals surface area contributed by atoms with Crippen LogP contribution in [-0.2, 0) is 13.5 Å². The maximum absolute atomic E-state index is 6.02. The molecule has 21 heavy (non-hydrogen) atoms. The van der Waals surface area contributed by atoms with Crippen LogP contribution in [0.25, 0.3) is 11.0 Å². The highest BCUT2D eigenvalue weighted by Gasteiger charge is 2.07. The molecule has 0 amide bonds. The van der Waals surface area contributed by atoms with Crippen LogP contribution in [0.5, 0.6) is 0 Å². The smallest absolute Gasteiger partial charge is 0.109 e. The van der Waals surface area contributed by atoms with Crippen molar-refractivity contribution in [1.29, 1.82) is 0 Å². The van der Waals surface area contributed by atoms with Gasteiger partial charge in [-0.25, -0.2) is 4.98 Å². The number of para-hydroxylation sites is 1. The first-order chi connectivity index (χ1) is 10.2. The number of aromatic nitrogens is 2. The highest BCUT2D eigenvalue weighted by molar-refractivity contribution is 6.31. The minimum absolute atomic E-state index is 0.734. The van der Waals surface area contributed by atoms with Crippen molar-refractivity contribution in [2.24, 2.45) is 7.05 Å². The summed E-state index contributed by atoms with van der Waals surface area (Å²) in [4.78, 5) is 4.67. The highest BCUT2D eigenvalue weighted by Crippen LogP contribution is 2.20. The van der Waals surface area contributed by atoms with Crippen LogP contribution >= 0.6 is 11.6 Å². The van der Waals surface area contributed by atoms with E-state index in [0.29, 0.717) is 0 Å². The number of imidazole rings is 1. The molecule has 0 aliphatic heterocycles. The second kappa shape index (κ2) is 6.19. The van der Waals surface area contributed by atoms with E-state index < -0.39 is 0 Å². The Morgan fingerprint density at radius 1 is 1.14 bits per heavy atom. The molecule has 0 bridgehead atoms. The molecule has 1 heterocycles. The Morgan fingerprint density at radius 3 is 2.76 bits per heavy atom. The fourth-order valence-electron chi connectivity index (χ4n) is 2.48. The van der Waals surface area contributed by atoms with Crippen molar-refractivity contribution in [3.8, 4) is 0 Å². The van der Waals surface area contributed by atoms with Crippen molar-refractivity contribution in [3.63, 3.8) is 0 Å². The minimum atomic E-state index is 0.734. The van der Waals surface area contributed by atoms with Gasteiger partial charge in [0.2, 0.25) is 0 Å². The molecule has 0 fully saturated rings. The molecule has 108 valence electrons. The fraction of sp³-hybridized carbons (Fsp3) is 0.235. The van der Waals surface area contributed by atoms with Crippen LogP contribution in [-0.4, -0.2) is 16.1 Å². The number of halogens is 1. The third kappa shape index (κ3) is 3.19. The zero-order valence-electron chi connectivity index (χ0n) is 12.0. The van der Waals surface area contributed by atoms with Gasteiger partial charge in [0.25, 0.3) is 0 Å². The highest BCUT2D eigenvalue weighted by atomic mass is 35.5. The summed E-state index contributed by atoms with van der Waals surface area (Å²) in [5.74, 6) is 1.10. The average Bonchev–Trinajstić information content (AvgIpc) is 2.80. The topological polar surface area (TPSA) is 29.9 Å². The normalized spacial score (nSPS) is 11.0. The van der Waals surface area contributed by atoms with Crippen LogP contribution in [0.4, 0.5) is 5.69 Å². The molecule has 1 N–H and O–H groups in total. The van der Waals surface area contributed by atoms with E-state index in [1.165, 1.54) is 0 Å². The number of aryl methyl sites for hydroxylation is 2. The molecule has 0 radical (unpaired) electrons. The number of anilines is 1. The Labute approximate surface area is 129 Å². The predicted molar refractivity (Wildman–Crippen MR) is 89.0 cm³/mol. The molecule has 2 aromatic carbocycles. The lowest BCUT2D eigenvalue weighted by atomic mass is 10.2. The summed E-state index contributed by atoms with van der Waals surface area (Å²) in [6.45, 7) is 0.938. The van der Waals surface area contributed by atoms with Crippen LogP contribution in [0.15, 0.2) is 48.5 Å². The maximum atomic E-state index is 6.02. The Morgan fingerprint density at radius 2 is 1.95 bits per heavy atom. The number of nitrogens with zero attached hydrogens (tertiary/aromatic N) is 2. The van der Waals surface area contributed by atoms with Gasteiger partial charge in [-0.15, -0.1) is 0 Å². The Hall–Kier alpha value is -2.00. The Kier molecular flexibility index (Phi) is 4.11. The van der Waals surface area contributed by atoms with Crippen LogP contribution in [0.3, 0.4) is 0 Å². The molecule has 0 saturated carbocycles. The molecule has 3 aromatic rings. The van der Waals surface area contributed by atoms with Crippen LogP contribution in [0.1, 0.15) is 12.2 Å². The third-order valence-corrected chi connectivity index (χ3v) is 3.85. The van der Waals surface area contributed by atoms with Crippen molar-refractivity contribution < 1.29 is 0 Å².